The summed E-state index contributed by atoms with van der Waals surface area (Å²) in [6, 6.07) is 0. The molecule has 3 nitrogen and oxygen atoms in total. The Morgan fingerprint density at radius 1 is 0.792 bits per heavy atom. The number of amides is 1. The van der Waals surface area contributed by atoms with Crippen LogP contribution in [0, 0.1) is 0 Å². The molecule has 0 rings (SSSR count). The van der Waals surface area contributed by atoms with Crippen LogP contribution < -0.4 is 0 Å². The first-order chi connectivity index (χ1) is 11.7. The molecule has 0 aromatic rings. The smallest absolute Gasteiger partial charge is 0.245 e. The fourth-order valence-corrected chi connectivity index (χ4v) is 2.60. The monoisotopic (exact) mass is 337 g/mol. The summed E-state index contributed by atoms with van der Waals surface area (Å²) in [6.07, 6.45) is 25.4. The lowest BCUT2D eigenvalue weighted by Gasteiger charge is -2.07. The highest BCUT2D eigenvalue weighted by molar-refractivity contribution is 5.74. The van der Waals surface area contributed by atoms with E-state index in [-0.39, 0.29) is 5.91 Å². The number of allylic oxidation sites excluding steroid dienone is 4. The minimum Gasteiger partial charge on any atom is -0.286 e. The van der Waals surface area contributed by atoms with E-state index in [4.69, 9.17) is 5.21 Å². The molecule has 0 aliphatic rings. The predicted octanol–water partition coefficient (Wildman–Crippen LogP) is 6.43. The van der Waals surface area contributed by atoms with E-state index in [0.717, 1.165) is 19.3 Å². The van der Waals surface area contributed by atoms with Gasteiger partial charge >= 0.3 is 0 Å². The van der Waals surface area contributed by atoms with Crippen molar-refractivity contribution in [3.05, 3.63) is 24.3 Å². The van der Waals surface area contributed by atoms with Crippen LogP contribution in [0.2, 0.25) is 0 Å². The van der Waals surface area contributed by atoms with Crippen LogP contribution in [0.1, 0.15) is 96.8 Å². The average molecular weight is 338 g/mol. The molecule has 0 heterocycles. The molecule has 0 unspecified atom stereocenters. The Kier molecular flexibility index (Phi) is 17.4. The molecular formula is C21H39NO2. The highest BCUT2D eigenvalue weighted by atomic mass is 16.5. The second-order valence-electron chi connectivity index (χ2n) is 6.61. The van der Waals surface area contributed by atoms with Crippen LogP contribution in [0.25, 0.3) is 0 Å². The zero-order chi connectivity index (χ0) is 17.9. The predicted molar refractivity (Wildman–Crippen MR) is 103 cm³/mol. The molecule has 0 saturated carbocycles. The quantitative estimate of drug-likeness (QED) is 0.153. The van der Waals surface area contributed by atoms with E-state index in [1.54, 1.807) is 0 Å². The standard InChI is InChI=1S/C21H39NO2/c1-3-4-5-6-7-8-9-10-11-12-13-14-15-16-17-18-19-20-21(23)22(2)24/h7-8,10-11,24H,3-6,9,12-20H2,1-2H3/b8-7-,11-10-. The summed E-state index contributed by atoms with van der Waals surface area (Å²) in [5.41, 5.74) is 0. The minimum absolute atomic E-state index is 0.183. The third-order valence-corrected chi connectivity index (χ3v) is 4.20. The third kappa shape index (κ3) is 17.3. The lowest BCUT2D eigenvalue weighted by molar-refractivity contribution is -0.159. The Labute approximate surface area is 149 Å². The van der Waals surface area contributed by atoms with Gasteiger partial charge in [0.2, 0.25) is 5.91 Å². The Hall–Kier alpha value is -1.09. The molecule has 0 aliphatic carbocycles. The molecule has 0 aromatic heterocycles. The number of nitrogens with zero attached hydrogens (tertiary/aromatic N) is 1. The van der Waals surface area contributed by atoms with Crippen molar-refractivity contribution < 1.29 is 10.0 Å². The normalized spacial score (nSPS) is 11.6. The van der Waals surface area contributed by atoms with Crippen LogP contribution in [0.15, 0.2) is 24.3 Å². The number of carbonyl (C=O) groups excluding carboxylic acids is 1. The minimum atomic E-state index is -0.183. The van der Waals surface area contributed by atoms with Gasteiger partial charge in [0.15, 0.2) is 0 Å². The van der Waals surface area contributed by atoms with E-state index in [1.807, 2.05) is 0 Å². The number of carbonyl (C=O) groups is 1. The number of hydrogen-bond donors (Lipinski definition) is 1. The zero-order valence-corrected chi connectivity index (χ0v) is 16.0. The van der Waals surface area contributed by atoms with Crippen molar-refractivity contribution in [1.82, 2.24) is 5.06 Å². The van der Waals surface area contributed by atoms with Gasteiger partial charge in [-0.3, -0.25) is 10.0 Å². The van der Waals surface area contributed by atoms with Gasteiger partial charge in [-0.05, 0) is 38.5 Å². The molecule has 3 heteroatoms. The lowest BCUT2D eigenvalue weighted by atomic mass is 10.1. The maximum Gasteiger partial charge on any atom is 0.245 e. The van der Waals surface area contributed by atoms with Crippen molar-refractivity contribution in [3.8, 4) is 0 Å². The van der Waals surface area contributed by atoms with Crippen LogP contribution in [-0.4, -0.2) is 23.2 Å². The second kappa shape index (κ2) is 18.3. The van der Waals surface area contributed by atoms with Crippen molar-refractivity contribution in [3.63, 3.8) is 0 Å². The Morgan fingerprint density at radius 2 is 1.29 bits per heavy atom. The second-order valence-corrected chi connectivity index (χ2v) is 6.61. The maximum absolute atomic E-state index is 11.2. The first-order valence-electron chi connectivity index (χ1n) is 9.94. The summed E-state index contributed by atoms with van der Waals surface area (Å²) in [7, 11) is 1.39. The molecule has 0 spiro atoms. The van der Waals surface area contributed by atoms with Crippen LogP contribution in [-0.2, 0) is 4.79 Å². The lowest BCUT2D eigenvalue weighted by Crippen LogP contribution is -2.21. The summed E-state index contributed by atoms with van der Waals surface area (Å²) in [4.78, 5) is 11.2. The molecule has 0 aromatic carbocycles. The maximum atomic E-state index is 11.2. The largest absolute Gasteiger partial charge is 0.286 e. The number of rotatable bonds is 16. The van der Waals surface area contributed by atoms with Gasteiger partial charge in [-0.1, -0.05) is 76.2 Å². The summed E-state index contributed by atoms with van der Waals surface area (Å²) in [5, 5.41) is 9.62. The fourth-order valence-electron chi connectivity index (χ4n) is 2.60. The zero-order valence-electron chi connectivity index (χ0n) is 16.0. The molecule has 0 radical (unpaired) electrons. The molecule has 0 aliphatic heterocycles. The summed E-state index contributed by atoms with van der Waals surface area (Å²) < 4.78 is 0. The van der Waals surface area contributed by atoms with Crippen molar-refractivity contribution in [2.24, 2.45) is 0 Å². The molecular weight excluding hydrogens is 298 g/mol. The van der Waals surface area contributed by atoms with E-state index in [1.165, 1.54) is 71.3 Å². The highest BCUT2D eigenvalue weighted by Gasteiger charge is 2.03. The summed E-state index contributed by atoms with van der Waals surface area (Å²) >= 11 is 0. The topological polar surface area (TPSA) is 40.5 Å². The van der Waals surface area contributed by atoms with E-state index in [2.05, 4.69) is 31.2 Å². The Balaban J connectivity index is 3.22. The van der Waals surface area contributed by atoms with Crippen LogP contribution in [0.3, 0.4) is 0 Å². The number of hydroxylamine groups is 2. The van der Waals surface area contributed by atoms with E-state index in [9.17, 15) is 4.79 Å². The molecule has 0 saturated heterocycles. The fraction of sp³-hybridized carbons (Fsp3) is 0.762. The molecule has 0 fully saturated rings. The highest BCUT2D eigenvalue weighted by Crippen LogP contribution is 2.10. The van der Waals surface area contributed by atoms with Crippen molar-refractivity contribution in [1.29, 1.82) is 0 Å². The molecule has 24 heavy (non-hydrogen) atoms. The van der Waals surface area contributed by atoms with Crippen LogP contribution >= 0.6 is 0 Å². The van der Waals surface area contributed by atoms with Gasteiger partial charge in [-0.2, -0.15) is 0 Å². The van der Waals surface area contributed by atoms with Crippen LogP contribution in [0.4, 0.5) is 0 Å². The number of unbranched alkanes of at least 4 members (excludes halogenated alkanes) is 10. The van der Waals surface area contributed by atoms with Crippen molar-refractivity contribution in [2.45, 2.75) is 96.8 Å². The van der Waals surface area contributed by atoms with E-state index >= 15 is 0 Å². The summed E-state index contributed by atoms with van der Waals surface area (Å²) in [5.74, 6) is -0.183. The first kappa shape index (κ1) is 22.9. The van der Waals surface area contributed by atoms with Crippen molar-refractivity contribution >= 4 is 5.91 Å². The van der Waals surface area contributed by atoms with Gasteiger partial charge in [-0.15, -0.1) is 0 Å². The summed E-state index contributed by atoms with van der Waals surface area (Å²) in [6.45, 7) is 2.24. The Bertz CT molecular complexity index is 335. The van der Waals surface area contributed by atoms with Gasteiger partial charge in [0.1, 0.15) is 0 Å². The molecule has 1 N–H and O–H groups in total. The molecule has 0 atom stereocenters. The molecule has 0 bridgehead atoms. The van der Waals surface area contributed by atoms with Gasteiger partial charge in [0, 0.05) is 13.5 Å². The molecule has 140 valence electrons. The Morgan fingerprint density at radius 3 is 1.83 bits per heavy atom. The van der Waals surface area contributed by atoms with Gasteiger partial charge < -0.3 is 0 Å². The van der Waals surface area contributed by atoms with Crippen LogP contribution in [0.5, 0.6) is 0 Å². The number of hydrogen-bond acceptors (Lipinski definition) is 2. The van der Waals surface area contributed by atoms with Gasteiger partial charge in [-0.25, -0.2) is 5.06 Å². The van der Waals surface area contributed by atoms with Gasteiger partial charge in [0.25, 0.3) is 0 Å². The van der Waals surface area contributed by atoms with E-state index in [0.29, 0.717) is 11.5 Å². The third-order valence-electron chi connectivity index (χ3n) is 4.20. The SMILES string of the molecule is CCCCC/C=C\C/C=C\CCCCCCCCCC(=O)N(C)O. The first-order valence-corrected chi connectivity index (χ1v) is 9.94. The van der Waals surface area contributed by atoms with E-state index < -0.39 is 0 Å². The molecule has 1 amide bonds. The van der Waals surface area contributed by atoms with Crippen molar-refractivity contribution in [2.75, 3.05) is 7.05 Å². The average Bonchev–Trinajstić information content (AvgIpc) is 2.57. The van der Waals surface area contributed by atoms with Gasteiger partial charge in [0.05, 0.1) is 0 Å².